The van der Waals surface area contributed by atoms with Crippen LogP contribution in [-0.2, 0) is 6.42 Å². The number of hydrogen-bond acceptors (Lipinski definition) is 4. The van der Waals surface area contributed by atoms with Crippen molar-refractivity contribution in [3.05, 3.63) is 30.1 Å². The maximum Gasteiger partial charge on any atom is 0.0938 e. The summed E-state index contributed by atoms with van der Waals surface area (Å²) in [7, 11) is 0. The van der Waals surface area contributed by atoms with Crippen molar-refractivity contribution in [1.82, 2.24) is 9.88 Å². The Labute approximate surface area is 89.2 Å². The van der Waals surface area contributed by atoms with Crippen LogP contribution in [0.2, 0.25) is 0 Å². The van der Waals surface area contributed by atoms with E-state index >= 15 is 0 Å². The van der Waals surface area contributed by atoms with E-state index in [4.69, 9.17) is 0 Å². The lowest BCUT2D eigenvalue weighted by Crippen LogP contribution is -2.24. The first-order chi connectivity index (χ1) is 7.25. The van der Waals surface area contributed by atoms with E-state index in [1.165, 1.54) is 0 Å². The normalized spacial score (nSPS) is 27.1. The smallest absolute Gasteiger partial charge is 0.0938 e. The molecule has 1 aromatic rings. The molecule has 1 fully saturated rings. The third-order valence-electron chi connectivity index (χ3n) is 2.74. The van der Waals surface area contributed by atoms with Gasteiger partial charge in [0.2, 0.25) is 0 Å². The molecule has 82 valence electrons. The van der Waals surface area contributed by atoms with Gasteiger partial charge in [-0.15, -0.1) is 0 Å². The minimum absolute atomic E-state index is 0.563. The van der Waals surface area contributed by atoms with E-state index in [0.29, 0.717) is 13.1 Å². The zero-order valence-electron chi connectivity index (χ0n) is 8.58. The molecule has 1 aliphatic rings. The number of likely N-dealkylation sites (tertiary alicyclic amines) is 1. The van der Waals surface area contributed by atoms with Crippen LogP contribution in [0.5, 0.6) is 0 Å². The van der Waals surface area contributed by atoms with Gasteiger partial charge in [-0.1, -0.05) is 6.07 Å². The number of hydrogen-bond donors (Lipinski definition) is 2. The van der Waals surface area contributed by atoms with Gasteiger partial charge in [0.25, 0.3) is 0 Å². The Morgan fingerprint density at radius 1 is 1.27 bits per heavy atom. The molecule has 2 N–H and O–H groups in total. The van der Waals surface area contributed by atoms with Crippen LogP contribution in [0.1, 0.15) is 5.69 Å². The fourth-order valence-corrected chi connectivity index (χ4v) is 1.85. The SMILES string of the molecule is OC1CN(CCc2ccccn2)CC1O. The highest BCUT2D eigenvalue weighted by Crippen LogP contribution is 2.10. The molecule has 2 rings (SSSR count). The highest BCUT2D eigenvalue weighted by molar-refractivity contribution is 5.04. The Morgan fingerprint density at radius 3 is 2.60 bits per heavy atom. The molecule has 0 radical (unpaired) electrons. The van der Waals surface area contributed by atoms with Crippen molar-refractivity contribution in [2.45, 2.75) is 18.6 Å². The van der Waals surface area contributed by atoms with Gasteiger partial charge in [0, 0.05) is 37.9 Å². The standard InChI is InChI=1S/C11H16N2O2/c14-10-7-13(8-11(10)15)6-4-9-3-1-2-5-12-9/h1-3,5,10-11,14-15H,4,6-8H2. The predicted octanol–water partition coefficient (Wildman–Crippen LogP) is -0.339. The molecular weight excluding hydrogens is 192 g/mol. The molecule has 1 saturated heterocycles. The molecule has 4 nitrogen and oxygen atoms in total. The van der Waals surface area contributed by atoms with E-state index in [1.54, 1.807) is 6.20 Å². The molecule has 2 heterocycles. The van der Waals surface area contributed by atoms with Crippen molar-refractivity contribution in [2.75, 3.05) is 19.6 Å². The van der Waals surface area contributed by atoms with Crippen LogP contribution in [0, 0.1) is 0 Å². The summed E-state index contributed by atoms with van der Waals surface area (Å²) in [6.45, 7) is 1.97. The van der Waals surface area contributed by atoms with Gasteiger partial charge in [0.1, 0.15) is 0 Å². The zero-order chi connectivity index (χ0) is 10.7. The number of nitrogens with zero attached hydrogens (tertiary/aromatic N) is 2. The van der Waals surface area contributed by atoms with Gasteiger partial charge in [0.05, 0.1) is 12.2 Å². The van der Waals surface area contributed by atoms with Crippen LogP contribution in [0.15, 0.2) is 24.4 Å². The molecule has 0 spiro atoms. The summed E-state index contributed by atoms with van der Waals surface area (Å²) in [4.78, 5) is 6.29. The molecule has 1 aromatic heterocycles. The number of aliphatic hydroxyl groups excluding tert-OH is 2. The molecule has 1 aliphatic heterocycles. The minimum Gasteiger partial charge on any atom is -0.389 e. The first-order valence-electron chi connectivity index (χ1n) is 5.24. The Hall–Kier alpha value is -0.970. The van der Waals surface area contributed by atoms with Gasteiger partial charge < -0.3 is 10.2 Å². The van der Waals surface area contributed by atoms with Crippen molar-refractivity contribution in [1.29, 1.82) is 0 Å². The maximum atomic E-state index is 9.36. The first-order valence-corrected chi connectivity index (χ1v) is 5.24. The number of β-amino-alcohol motifs (C(OH)–C–C–N with tert-alkyl or cyclic N) is 2. The van der Waals surface area contributed by atoms with E-state index in [2.05, 4.69) is 9.88 Å². The molecule has 0 aromatic carbocycles. The number of rotatable bonds is 3. The second kappa shape index (κ2) is 4.70. The third-order valence-corrected chi connectivity index (χ3v) is 2.74. The number of pyridine rings is 1. The Morgan fingerprint density at radius 2 is 2.00 bits per heavy atom. The van der Waals surface area contributed by atoms with Crippen LogP contribution >= 0.6 is 0 Å². The van der Waals surface area contributed by atoms with Crippen LogP contribution < -0.4 is 0 Å². The van der Waals surface area contributed by atoms with Crippen LogP contribution in [0.4, 0.5) is 0 Å². The van der Waals surface area contributed by atoms with Gasteiger partial charge in [-0.05, 0) is 12.1 Å². The highest BCUT2D eigenvalue weighted by atomic mass is 16.3. The average molecular weight is 208 g/mol. The quantitative estimate of drug-likeness (QED) is 0.713. The topological polar surface area (TPSA) is 56.6 Å². The second-order valence-electron chi connectivity index (χ2n) is 3.97. The molecule has 4 heteroatoms. The van der Waals surface area contributed by atoms with E-state index in [9.17, 15) is 10.2 Å². The lowest BCUT2D eigenvalue weighted by molar-refractivity contribution is 0.0572. The minimum atomic E-state index is -0.589. The first kappa shape index (κ1) is 10.5. The second-order valence-corrected chi connectivity index (χ2v) is 3.97. The lowest BCUT2D eigenvalue weighted by atomic mass is 10.2. The number of aliphatic hydroxyl groups is 2. The predicted molar refractivity (Wildman–Crippen MR) is 56.4 cm³/mol. The molecule has 2 atom stereocenters. The van der Waals surface area contributed by atoms with Crippen LogP contribution in [0.25, 0.3) is 0 Å². The Bertz CT molecular complexity index is 295. The number of aromatic nitrogens is 1. The molecule has 0 amide bonds. The van der Waals surface area contributed by atoms with Crippen molar-refractivity contribution in [3.8, 4) is 0 Å². The molecule has 0 aliphatic carbocycles. The molecule has 0 bridgehead atoms. The van der Waals surface area contributed by atoms with Crippen molar-refractivity contribution >= 4 is 0 Å². The summed E-state index contributed by atoms with van der Waals surface area (Å²) in [5, 5.41) is 18.7. The molecule has 2 unspecified atom stereocenters. The maximum absolute atomic E-state index is 9.36. The Kier molecular flexibility index (Phi) is 3.30. The fourth-order valence-electron chi connectivity index (χ4n) is 1.85. The highest BCUT2D eigenvalue weighted by Gasteiger charge is 2.28. The summed E-state index contributed by atoms with van der Waals surface area (Å²) in [5.41, 5.74) is 1.05. The third kappa shape index (κ3) is 2.75. The van der Waals surface area contributed by atoms with Crippen molar-refractivity contribution in [3.63, 3.8) is 0 Å². The van der Waals surface area contributed by atoms with E-state index in [1.807, 2.05) is 18.2 Å². The average Bonchev–Trinajstić information content (AvgIpc) is 2.57. The summed E-state index contributed by atoms with van der Waals surface area (Å²) in [6.07, 6.45) is 1.46. The van der Waals surface area contributed by atoms with Crippen molar-refractivity contribution in [2.24, 2.45) is 0 Å². The molecule has 15 heavy (non-hydrogen) atoms. The lowest BCUT2D eigenvalue weighted by Gasteiger charge is -2.13. The van der Waals surface area contributed by atoms with Gasteiger partial charge in [0.15, 0.2) is 0 Å². The van der Waals surface area contributed by atoms with Gasteiger partial charge in [-0.2, -0.15) is 0 Å². The zero-order valence-corrected chi connectivity index (χ0v) is 8.58. The summed E-state index contributed by atoms with van der Waals surface area (Å²) < 4.78 is 0. The summed E-state index contributed by atoms with van der Waals surface area (Å²) in [6, 6.07) is 5.85. The van der Waals surface area contributed by atoms with Gasteiger partial charge in [-0.25, -0.2) is 0 Å². The largest absolute Gasteiger partial charge is 0.389 e. The summed E-state index contributed by atoms with van der Waals surface area (Å²) >= 11 is 0. The van der Waals surface area contributed by atoms with Crippen molar-refractivity contribution < 1.29 is 10.2 Å². The van der Waals surface area contributed by atoms with Crippen LogP contribution in [-0.4, -0.2) is 51.9 Å². The molecular formula is C11H16N2O2. The van der Waals surface area contributed by atoms with Gasteiger partial charge in [-0.3, -0.25) is 9.88 Å². The van der Waals surface area contributed by atoms with E-state index in [-0.39, 0.29) is 0 Å². The van der Waals surface area contributed by atoms with Gasteiger partial charge >= 0.3 is 0 Å². The van der Waals surface area contributed by atoms with Crippen LogP contribution in [0.3, 0.4) is 0 Å². The monoisotopic (exact) mass is 208 g/mol. The molecule has 0 saturated carbocycles. The summed E-state index contributed by atoms with van der Waals surface area (Å²) in [5.74, 6) is 0. The van der Waals surface area contributed by atoms with E-state index in [0.717, 1.165) is 18.7 Å². The van der Waals surface area contributed by atoms with E-state index < -0.39 is 12.2 Å². The fraction of sp³-hybridized carbons (Fsp3) is 0.545. The Balaban J connectivity index is 1.80.